The number of rotatable bonds is 5. The Balaban J connectivity index is 2.00. The van der Waals surface area contributed by atoms with Crippen LogP contribution in [0.5, 0.6) is 0 Å². The van der Waals surface area contributed by atoms with Gasteiger partial charge < -0.3 is 10.6 Å². The van der Waals surface area contributed by atoms with E-state index in [1.54, 1.807) is 24.3 Å². The van der Waals surface area contributed by atoms with Gasteiger partial charge in [-0.1, -0.05) is 32.0 Å². The summed E-state index contributed by atoms with van der Waals surface area (Å²) in [6.07, 6.45) is 0. The van der Waals surface area contributed by atoms with Crippen molar-refractivity contribution in [3.63, 3.8) is 0 Å². The van der Waals surface area contributed by atoms with Crippen LogP contribution < -0.4 is 10.6 Å². The van der Waals surface area contributed by atoms with Crippen LogP contribution in [0, 0.1) is 17.2 Å². The summed E-state index contributed by atoms with van der Waals surface area (Å²) >= 11 is 0. The Hall–Kier alpha value is -3.13. The van der Waals surface area contributed by atoms with Crippen molar-refractivity contribution in [1.29, 1.82) is 5.26 Å². The highest BCUT2D eigenvalue weighted by Crippen LogP contribution is 2.12. The molecule has 2 amide bonds. The lowest BCUT2D eigenvalue weighted by molar-refractivity contribution is -0.118. The first-order valence-electron chi connectivity index (χ1n) is 7.68. The summed E-state index contributed by atoms with van der Waals surface area (Å²) in [4.78, 5) is 23.9. The fourth-order valence-corrected chi connectivity index (χ4v) is 2.06. The van der Waals surface area contributed by atoms with E-state index < -0.39 is 0 Å². The quantitative estimate of drug-likeness (QED) is 0.888. The van der Waals surface area contributed by atoms with Gasteiger partial charge in [0, 0.05) is 23.7 Å². The zero-order valence-electron chi connectivity index (χ0n) is 13.7. The molecule has 122 valence electrons. The molecule has 5 heteroatoms. The van der Waals surface area contributed by atoms with Crippen LogP contribution >= 0.6 is 0 Å². The first kappa shape index (κ1) is 17.2. The van der Waals surface area contributed by atoms with Crippen molar-refractivity contribution in [3.8, 4) is 6.07 Å². The van der Waals surface area contributed by atoms with Gasteiger partial charge in [-0.2, -0.15) is 5.26 Å². The smallest absolute Gasteiger partial charge is 0.251 e. The molecule has 2 rings (SSSR count). The largest absolute Gasteiger partial charge is 0.348 e. The van der Waals surface area contributed by atoms with Gasteiger partial charge in [0.15, 0.2) is 0 Å². The summed E-state index contributed by atoms with van der Waals surface area (Å²) in [6, 6.07) is 15.9. The number of carbonyl (C=O) groups is 2. The molecule has 0 saturated heterocycles. The van der Waals surface area contributed by atoms with E-state index in [0.717, 1.165) is 5.56 Å². The summed E-state index contributed by atoms with van der Waals surface area (Å²) in [5.74, 6) is -0.394. The highest BCUT2D eigenvalue weighted by atomic mass is 16.2. The van der Waals surface area contributed by atoms with E-state index in [9.17, 15) is 9.59 Å². The second kappa shape index (κ2) is 7.93. The monoisotopic (exact) mass is 321 g/mol. The van der Waals surface area contributed by atoms with Crippen molar-refractivity contribution in [1.82, 2.24) is 5.32 Å². The summed E-state index contributed by atoms with van der Waals surface area (Å²) in [5, 5.41) is 14.5. The van der Waals surface area contributed by atoms with Crippen LogP contribution in [0.15, 0.2) is 48.5 Å². The number of nitrogens with one attached hydrogen (secondary N) is 2. The Bertz CT molecular complexity index is 791. The third-order valence-corrected chi connectivity index (χ3v) is 3.43. The highest BCUT2D eigenvalue weighted by molar-refractivity contribution is 5.94. The molecule has 0 fully saturated rings. The number of amides is 2. The first-order valence-corrected chi connectivity index (χ1v) is 7.68. The molecular weight excluding hydrogens is 302 g/mol. The maximum absolute atomic E-state index is 12.1. The van der Waals surface area contributed by atoms with Gasteiger partial charge in [-0.15, -0.1) is 0 Å². The van der Waals surface area contributed by atoms with Crippen molar-refractivity contribution < 1.29 is 9.59 Å². The predicted molar refractivity (Wildman–Crippen MR) is 92.2 cm³/mol. The summed E-state index contributed by atoms with van der Waals surface area (Å²) in [7, 11) is 0. The van der Waals surface area contributed by atoms with Crippen molar-refractivity contribution in [2.45, 2.75) is 20.4 Å². The molecule has 0 bridgehead atoms. The average molecular weight is 321 g/mol. The normalized spacial score (nSPS) is 10.1. The molecular formula is C19H19N3O2. The molecule has 2 aromatic carbocycles. The Labute approximate surface area is 141 Å². The van der Waals surface area contributed by atoms with Crippen LogP contribution in [-0.4, -0.2) is 11.8 Å². The second-order valence-corrected chi connectivity index (χ2v) is 5.72. The van der Waals surface area contributed by atoms with Crippen LogP contribution in [-0.2, 0) is 11.3 Å². The lowest BCUT2D eigenvalue weighted by atomic mass is 10.1. The number of benzene rings is 2. The fourth-order valence-electron chi connectivity index (χ4n) is 2.06. The van der Waals surface area contributed by atoms with Crippen LogP contribution in [0.25, 0.3) is 0 Å². The number of nitriles is 1. The van der Waals surface area contributed by atoms with E-state index in [1.807, 2.05) is 44.2 Å². The number of nitrogens with zero attached hydrogens (tertiary/aromatic N) is 1. The Kier molecular flexibility index (Phi) is 5.69. The van der Waals surface area contributed by atoms with Gasteiger partial charge in [0.25, 0.3) is 5.91 Å². The van der Waals surface area contributed by atoms with Crippen molar-refractivity contribution >= 4 is 17.5 Å². The Morgan fingerprint density at radius 3 is 2.58 bits per heavy atom. The molecule has 0 saturated carbocycles. The van der Waals surface area contributed by atoms with Crippen molar-refractivity contribution in [2.75, 3.05) is 5.32 Å². The number of hydrogen-bond acceptors (Lipinski definition) is 3. The van der Waals surface area contributed by atoms with E-state index in [2.05, 4.69) is 10.6 Å². The topological polar surface area (TPSA) is 82.0 Å². The summed E-state index contributed by atoms with van der Waals surface area (Å²) < 4.78 is 0. The molecule has 0 atom stereocenters. The molecule has 0 heterocycles. The third kappa shape index (κ3) is 4.68. The predicted octanol–water partition coefficient (Wildman–Crippen LogP) is 3.08. The Morgan fingerprint density at radius 1 is 1.12 bits per heavy atom. The highest BCUT2D eigenvalue weighted by Gasteiger charge is 2.08. The van der Waals surface area contributed by atoms with E-state index in [-0.39, 0.29) is 17.7 Å². The molecule has 2 aromatic rings. The van der Waals surface area contributed by atoms with Crippen molar-refractivity contribution in [2.24, 2.45) is 5.92 Å². The minimum atomic E-state index is -0.247. The lowest BCUT2D eigenvalue weighted by Crippen LogP contribution is -2.23. The zero-order chi connectivity index (χ0) is 17.5. The van der Waals surface area contributed by atoms with E-state index in [0.29, 0.717) is 23.4 Å². The molecule has 0 radical (unpaired) electrons. The minimum Gasteiger partial charge on any atom is -0.348 e. The van der Waals surface area contributed by atoms with Crippen LogP contribution in [0.4, 0.5) is 5.69 Å². The van der Waals surface area contributed by atoms with Gasteiger partial charge in [-0.25, -0.2) is 0 Å². The van der Waals surface area contributed by atoms with Crippen molar-refractivity contribution in [3.05, 3.63) is 65.2 Å². The maximum Gasteiger partial charge on any atom is 0.251 e. The molecule has 0 spiro atoms. The zero-order valence-corrected chi connectivity index (χ0v) is 13.7. The van der Waals surface area contributed by atoms with E-state index >= 15 is 0 Å². The second-order valence-electron chi connectivity index (χ2n) is 5.72. The summed E-state index contributed by atoms with van der Waals surface area (Å²) in [5.41, 5.74) is 2.47. The number of anilines is 1. The SMILES string of the molecule is CC(C)C(=O)Nc1cccc(CNC(=O)c2cccc(C#N)c2)c1. The van der Waals surface area contributed by atoms with Gasteiger partial charge in [0.2, 0.25) is 5.91 Å². The molecule has 0 aliphatic carbocycles. The minimum absolute atomic E-state index is 0.0514. The van der Waals surface area contributed by atoms with E-state index in [4.69, 9.17) is 5.26 Å². The molecule has 0 aromatic heterocycles. The lowest BCUT2D eigenvalue weighted by Gasteiger charge is -2.10. The molecule has 0 unspecified atom stereocenters. The number of carbonyl (C=O) groups excluding carboxylic acids is 2. The van der Waals surface area contributed by atoms with Gasteiger partial charge >= 0.3 is 0 Å². The summed E-state index contributed by atoms with van der Waals surface area (Å²) in [6.45, 7) is 3.99. The van der Waals surface area contributed by atoms with Crippen LogP contribution in [0.1, 0.15) is 35.3 Å². The van der Waals surface area contributed by atoms with Gasteiger partial charge in [0.05, 0.1) is 11.6 Å². The molecule has 0 aliphatic heterocycles. The molecule has 0 aliphatic rings. The molecule has 2 N–H and O–H groups in total. The Morgan fingerprint density at radius 2 is 1.88 bits per heavy atom. The van der Waals surface area contributed by atoms with Gasteiger partial charge in [-0.3, -0.25) is 9.59 Å². The fraction of sp³-hybridized carbons (Fsp3) is 0.211. The standard InChI is InChI=1S/C19H19N3O2/c1-13(2)18(23)22-17-8-4-6-15(10-17)12-21-19(24)16-7-3-5-14(9-16)11-20/h3-10,13H,12H2,1-2H3,(H,21,24)(H,22,23). The molecule has 5 nitrogen and oxygen atoms in total. The maximum atomic E-state index is 12.1. The third-order valence-electron chi connectivity index (χ3n) is 3.43. The van der Waals surface area contributed by atoms with Crippen LogP contribution in [0.3, 0.4) is 0 Å². The van der Waals surface area contributed by atoms with Crippen LogP contribution in [0.2, 0.25) is 0 Å². The molecule has 24 heavy (non-hydrogen) atoms. The van der Waals surface area contributed by atoms with E-state index in [1.165, 1.54) is 0 Å². The average Bonchev–Trinajstić information content (AvgIpc) is 2.60. The number of hydrogen-bond donors (Lipinski definition) is 2. The van der Waals surface area contributed by atoms with Gasteiger partial charge in [0.1, 0.15) is 0 Å². The van der Waals surface area contributed by atoms with Gasteiger partial charge in [-0.05, 0) is 35.9 Å². The first-order chi connectivity index (χ1) is 11.5.